The Morgan fingerprint density at radius 2 is 2.00 bits per heavy atom. The van der Waals surface area contributed by atoms with E-state index in [9.17, 15) is 0 Å². The second-order valence-electron chi connectivity index (χ2n) is 4.42. The molecule has 1 saturated heterocycles. The summed E-state index contributed by atoms with van der Waals surface area (Å²) in [4.78, 5) is 8.32. The van der Waals surface area contributed by atoms with Crippen LogP contribution in [0.3, 0.4) is 0 Å². The molecule has 0 bridgehead atoms. The minimum absolute atomic E-state index is 0.415. The second kappa shape index (κ2) is 5.82. The number of ether oxygens (including phenoxy) is 1. The lowest BCUT2D eigenvalue weighted by Gasteiger charge is -2.28. The van der Waals surface area contributed by atoms with Gasteiger partial charge < -0.3 is 15.4 Å². The lowest BCUT2D eigenvalue weighted by Crippen LogP contribution is -2.31. The summed E-state index contributed by atoms with van der Waals surface area (Å²) in [5.41, 5.74) is 0. The number of hydrogen-bond donors (Lipinski definition) is 2. The first kappa shape index (κ1) is 12.1. The van der Waals surface area contributed by atoms with Crippen LogP contribution in [0.4, 0.5) is 11.6 Å². The summed E-state index contributed by atoms with van der Waals surface area (Å²) in [6.07, 6.45) is 3.82. The zero-order chi connectivity index (χ0) is 12.1. The topological polar surface area (TPSA) is 59.1 Å². The standard InChI is InChI=1S/C12H20N4O/c1-9(10-3-5-17-6-4-10)16-12-7-11(13-2)14-8-15-12/h7-10H,3-6H2,1-2H3,(H2,13,14,15,16). The second-order valence-corrected chi connectivity index (χ2v) is 4.42. The Bertz CT molecular complexity index is 352. The monoisotopic (exact) mass is 236 g/mol. The first-order valence-electron chi connectivity index (χ1n) is 6.13. The van der Waals surface area contributed by atoms with Gasteiger partial charge in [-0.2, -0.15) is 0 Å². The van der Waals surface area contributed by atoms with Crippen LogP contribution in [-0.2, 0) is 4.74 Å². The Balaban J connectivity index is 1.94. The van der Waals surface area contributed by atoms with E-state index in [1.54, 1.807) is 6.33 Å². The largest absolute Gasteiger partial charge is 0.381 e. The van der Waals surface area contributed by atoms with E-state index in [1.807, 2.05) is 13.1 Å². The SMILES string of the molecule is CNc1cc(NC(C)C2CCOCC2)ncn1. The maximum atomic E-state index is 5.37. The van der Waals surface area contributed by atoms with Crippen LogP contribution < -0.4 is 10.6 Å². The van der Waals surface area contributed by atoms with Crippen molar-refractivity contribution in [3.63, 3.8) is 0 Å². The van der Waals surface area contributed by atoms with Gasteiger partial charge in [0.2, 0.25) is 0 Å². The molecule has 94 valence electrons. The summed E-state index contributed by atoms with van der Waals surface area (Å²) < 4.78 is 5.37. The maximum absolute atomic E-state index is 5.37. The van der Waals surface area contributed by atoms with E-state index in [0.717, 1.165) is 37.7 Å². The number of aromatic nitrogens is 2. The molecule has 5 nitrogen and oxygen atoms in total. The Kier molecular flexibility index (Phi) is 4.14. The fourth-order valence-corrected chi connectivity index (χ4v) is 2.14. The molecule has 1 aliphatic heterocycles. The normalized spacial score (nSPS) is 18.7. The third kappa shape index (κ3) is 3.30. The summed E-state index contributed by atoms with van der Waals surface area (Å²) >= 11 is 0. The van der Waals surface area contributed by atoms with Crippen LogP contribution in [0, 0.1) is 5.92 Å². The summed E-state index contributed by atoms with van der Waals surface area (Å²) in [6.45, 7) is 3.96. The van der Waals surface area contributed by atoms with Crippen molar-refractivity contribution in [2.24, 2.45) is 5.92 Å². The van der Waals surface area contributed by atoms with Gasteiger partial charge in [0.25, 0.3) is 0 Å². The van der Waals surface area contributed by atoms with E-state index >= 15 is 0 Å². The molecule has 0 aliphatic carbocycles. The Labute approximate surface area is 102 Å². The summed E-state index contributed by atoms with van der Waals surface area (Å²) in [5.74, 6) is 2.38. The van der Waals surface area contributed by atoms with Gasteiger partial charge in [0.05, 0.1) is 0 Å². The Morgan fingerprint density at radius 3 is 2.71 bits per heavy atom. The molecule has 0 saturated carbocycles. The molecule has 0 radical (unpaired) electrons. The van der Waals surface area contributed by atoms with Gasteiger partial charge in [0.15, 0.2) is 0 Å². The van der Waals surface area contributed by atoms with Gasteiger partial charge in [0.1, 0.15) is 18.0 Å². The quantitative estimate of drug-likeness (QED) is 0.834. The van der Waals surface area contributed by atoms with E-state index in [4.69, 9.17) is 4.74 Å². The highest BCUT2D eigenvalue weighted by Crippen LogP contribution is 2.21. The maximum Gasteiger partial charge on any atom is 0.131 e. The van der Waals surface area contributed by atoms with Crippen LogP contribution in [-0.4, -0.2) is 36.3 Å². The number of hydrogen-bond acceptors (Lipinski definition) is 5. The highest BCUT2D eigenvalue weighted by Gasteiger charge is 2.20. The molecule has 1 atom stereocenters. The lowest BCUT2D eigenvalue weighted by atomic mass is 9.93. The third-order valence-corrected chi connectivity index (χ3v) is 3.27. The van der Waals surface area contributed by atoms with Crippen molar-refractivity contribution in [1.82, 2.24) is 9.97 Å². The van der Waals surface area contributed by atoms with Crippen molar-refractivity contribution >= 4 is 11.6 Å². The number of nitrogens with zero attached hydrogens (tertiary/aromatic N) is 2. The molecule has 1 fully saturated rings. The fourth-order valence-electron chi connectivity index (χ4n) is 2.14. The van der Waals surface area contributed by atoms with Crippen molar-refractivity contribution in [3.8, 4) is 0 Å². The van der Waals surface area contributed by atoms with Crippen molar-refractivity contribution in [3.05, 3.63) is 12.4 Å². The average Bonchev–Trinajstić information content (AvgIpc) is 2.40. The van der Waals surface area contributed by atoms with E-state index in [1.165, 1.54) is 0 Å². The predicted molar refractivity (Wildman–Crippen MR) is 68.2 cm³/mol. The molecule has 1 aromatic rings. The number of anilines is 2. The van der Waals surface area contributed by atoms with Crippen LogP contribution in [0.5, 0.6) is 0 Å². The van der Waals surface area contributed by atoms with Crippen molar-refractivity contribution in [2.75, 3.05) is 30.9 Å². The van der Waals surface area contributed by atoms with Crippen LogP contribution in [0.2, 0.25) is 0 Å². The van der Waals surface area contributed by atoms with Crippen LogP contribution in [0.25, 0.3) is 0 Å². The van der Waals surface area contributed by atoms with Gasteiger partial charge in [-0.25, -0.2) is 9.97 Å². The highest BCUT2D eigenvalue weighted by atomic mass is 16.5. The number of nitrogens with one attached hydrogen (secondary N) is 2. The third-order valence-electron chi connectivity index (χ3n) is 3.27. The van der Waals surface area contributed by atoms with Gasteiger partial charge in [-0.15, -0.1) is 0 Å². The summed E-state index contributed by atoms with van der Waals surface area (Å²) in [6, 6.07) is 2.34. The van der Waals surface area contributed by atoms with Gasteiger partial charge in [-0.05, 0) is 25.7 Å². The van der Waals surface area contributed by atoms with E-state index in [-0.39, 0.29) is 0 Å². The Hall–Kier alpha value is -1.36. The molecule has 1 aliphatic rings. The molecule has 2 heterocycles. The molecule has 2 N–H and O–H groups in total. The van der Waals surface area contributed by atoms with Crippen molar-refractivity contribution in [1.29, 1.82) is 0 Å². The van der Waals surface area contributed by atoms with Gasteiger partial charge in [-0.3, -0.25) is 0 Å². The first-order valence-corrected chi connectivity index (χ1v) is 6.13. The molecule has 5 heteroatoms. The molecule has 0 amide bonds. The summed E-state index contributed by atoms with van der Waals surface area (Å²) in [5, 5.41) is 6.45. The molecule has 2 rings (SSSR count). The first-order chi connectivity index (χ1) is 8.29. The molecule has 17 heavy (non-hydrogen) atoms. The molecule has 0 aromatic carbocycles. The fraction of sp³-hybridized carbons (Fsp3) is 0.667. The molecule has 1 aromatic heterocycles. The smallest absolute Gasteiger partial charge is 0.131 e. The summed E-state index contributed by atoms with van der Waals surface area (Å²) in [7, 11) is 1.86. The van der Waals surface area contributed by atoms with Crippen LogP contribution >= 0.6 is 0 Å². The lowest BCUT2D eigenvalue weighted by molar-refractivity contribution is 0.0622. The minimum Gasteiger partial charge on any atom is -0.381 e. The minimum atomic E-state index is 0.415. The van der Waals surface area contributed by atoms with Gasteiger partial charge in [0, 0.05) is 32.4 Å². The van der Waals surface area contributed by atoms with Gasteiger partial charge >= 0.3 is 0 Å². The van der Waals surface area contributed by atoms with E-state index < -0.39 is 0 Å². The average molecular weight is 236 g/mol. The molecule has 0 spiro atoms. The highest BCUT2D eigenvalue weighted by molar-refractivity contribution is 5.46. The number of rotatable bonds is 4. The van der Waals surface area contributed by atoms with Crippen molar-refractivity contribution in [2.45, 2.75) is 25.8 Å². The zero-order valence-electron chi connectivity index (χ0n) is 10.4. The molecule has 1 unspecified atom stereocenters. The van der Waals surface area contributed by atoms with Crippen LogP contribution in [0.1, 0.15) is 19.8 Å². The zero-order valence-corrected chi connectivity index (χ0v) is 10.4. The predicted octanol–water partition coefficient (Wildman–Crippen LogP) is 1.75. The van der Waals surface area contributed by atoms with E-state index in [0.29, 0.717) is 12.0 Å². The van der Waals surface area contributed by atoms with E-state index in [2.05, 4.69) is 27.5 Å². The molecular formula is C12H20N4O. The van der Waals surface area contributed by atoms with Gasteiger partial charge in [-0.1, -0.05) is 0 Å². The van der Waals surface area contributed by atoms with Crippen LogP contribution in [0.15, 0.2) is 12.4 Å². The molecular weight excluding hydrogens is 216 g/mol. The Morgan fingerprint density at radius 1 is 1.29 bits per heavy atom. The van der Waals surface area contributed by atoms with Crippen molar-refractivity contribution < 1.29 is 4.74 Å².